The van der Waals surface area contributed by atoms with Crippen LogP contribution in [-0.2, 0) is 0 Å². The van der Waals surface area contributed by atoms with Gasteiger partial charge in [0.1, 0.15) is 0 Å². The van der Waals surface area contributed by atoms with Crippen LogP contribution in [0.15, 0.2) is 0 Å². The molecule has 0 bridgehead atoms. The van der Waals surface area contributed by atoms with E-state index in [0.29, 0.717) is 0 Å². The van der Waals surface area contributed by atoms with Gasteiger partial charge < -0.3 is 10.2 Å². The molecule has 0 amide bonds. The molecule has 0 rings (SSSR count). The third-order valence-electron chi connectivity index (χ3n) is 2.63. The molecule has 1 N–H and O–H groups in total. The van der Waals surface area contributed by atoms with E-state index in [1.165, 1.54) is 32.4 Å². The summed E-state index contributed by atoms with van der Waals surface area (Å²) in [7, 11) is 0. The van der Waals surface area contributed by atoms with Crippen molar-refractivity contribution >= 4 is 0 Å². The molecule has 14 heavy (non-hydrogen) atoms. The van der Waals surface area contributed by atoms with Crippen molar-refractivity contribution in [3.8, 4) is 0 Å². The van der Waals surface area contributed by atoms with Gasteiger partial charge in [0.15, 0.2) is 0 Å². The summed E-state index contributed by atoms with van der Waals surface area (Å²) in [5.74, 6) is 0. The van der Waals surface area contributed by atoms with Crippen molar-refractivity contribution in [2.45, 2.75) is 53.0 Å². The average Bonchev–Trinajstić information content (AvgIpc) is 2.18. The van der Waals surface area contributed by atoms with Gasteiger partial charge in [-0.15, -0.1) is 0 Å². The van der Waals surface area contributed by atoms with Gasteiger partial charge in [-0.1, -0.05) is 20.8 Å². The lowest BCUT2D eigenvalue weighted by Crippen LogP contribution is -2.36. The van der Waals surface area contributed by atoms with Crippen molar-refractivity contribution in [2.24, 2.45) is 0 Å². The van der Waals surface area contributed by atoms with E-state index in [4.69, 9.17) is 0 Å². The molecule has 0 spiro atoms. The van der Waals surface area contributed by atoms with Crippen molar-refractivity contribution in [3.05, 3.63) is 0 Å². The molecule has 0 aliphatic rings. The Labute approximate surface area is 90.1 Å². The summed E-state index contributed by atoms with van der Waals surface area (Å²) in [5, 5.41) is 3.39. The highest BCUT2D eigenvalue weighted by Crippen LogP contribution is 2.05. The van der Waals surface area contributed by atoms with Crippen LogP contribution in [0.25, 0.3) is 0 Å². The quantitative estimate of drug-likeness (QED) is 0.575. The van der Waals surface area contributed by atoms with Gasteiger partial charge >= 0.3 is 0 Å². The molecule has 86 valence electrons. The van der Waals surface area contributed by atoms with Crippen LogP contribution in [0, 0.1) is 0 Å². The van der Waals surface area contributed by atoms with Gasteiger partial charge in [0.2, 0.25) is 0 Å². The molecule has 0 saturated heterocycles. The maximum absolute atomic E-state index is 3.39. The third-order valence-corrected chi connectivity index (χ3v) is 2.63. The first kappa shape index (κ1) is 13.9. The van der Waals surface area contributed by atoms with E-state index in [9.17, 15) is 0 Å². The van der Waals surface area contributed by atoms with Gasteiger partial charge in [0, 0.05) is 6.04 Å². The van der Waals surface area contributed by atoms with Crippen LogP contribution < -0.4 is 5.32 Å². The standard InChI is InChI=1S/C12H28N2/c1-5-10-14(11-6-2)12(4)8-9-13-7-3/h12-13H,5-11H2,1-4H3. The lowest BCUT2D eigenvalue weighted by atomic mass is 10.2. The van der Waals surface area contributed by atoms with Crippen molar-refractivity contribution in [2.75, 3.05) is 26.2 Å². The molecule has 1 unspecified atom stereocenters. The van der Waals surface area contributed by atoms with E-state index in [1.54, 1.807) is 0 Å². The molecular weight excluding hydrogens is 172 g/mol. The SMILES string of the molecule is CCCN(CCC)C(C)CCNCC. The minimum Gasteiger partial charge on any atom is -0.317 e. The monoisotopic (exact) mass is 200 g/mol. The van der Waals surface area contributed by atoms with Gasteiger partial charge in [-0.3, -0.25) is 0 Å². The van der Waals surface area contributed by atoms with Crippen LogP contribution in [0.3, 0.4) is 0 Å². The molecule has 2 nitrogen and oxygen atoms in total. The zero-order chi connectivity index (χ0) is 10.8. The van der Waals surface area contributed by atoms with Crippen LogP contribution in [-0.4, -0.2) is 37.1 Å². The van der Waals surface area contributed by atoms with E-state index in [1.807, 2.05) is 0 Å². The van der Waals surface area contributed by atoms with Gasteiger partial charge in [0.05, 0.1) is 0 Å². The Balaban J connectivity index is 3.69. The van der Waals surface area contributed by atoms with E-state index >= 15 is 0 Å². The van der Waals surface area contributed by atoms with Crippen LogP contribution >= 0.6 is 0 Å². The van der Waals surface area contributed by atoms with Crippen molar-refractivity contribution < 1.29 is 0 Å². The maximum Gasteiger partial charge on any atom is 0.00790 e. The Hall–Kier alpha value is -0.0800. The Morgan fingerprint density at radius 2 is 1.64 bits per heavy atom. The summed E-state index contributed by atoms with van der Waals surface area (Å²) < 4.78 is 0. The van der Waals surface area contributed by atoms with E-state index in [2.05, 4.69) is 37.9 Å². The Kier molecular flexibility index (Phi) is 9.42. The van der Waals surface area contributed by atoms with Crippen LogP contribution in [0.1, 0.15) is 47.0 Å². The first-order valence-corrected chi connectivity index (χ1v) is 6.20. The smallest absolute Gasteiger partial charge is 0.00790 e. The minimum atomic E-state index is 0.731. The number of hydrogen-bond acceptors (Lipinski definition) is 2. The lowest BCUT2D eigenvalue weighted by Gasteiger charge is -2.28. The number of nitrogens with zero attached hydrogens (tertiary/aromatic N) is 1. The van der Waals surface area contributed by atoms with Crippen LogP contribution in [0.4, 0.5) is 0 Å². The molecular formula is C12H28N2. The predicted molar refractivity (Wildman–Crippen MR) is 64.8 cm³/mol. The van der Waals surface area contributed by atoms with Crippen LogP contribution in [0.2, 0.25) is 0 Å². The first-order valence-electron chi connectivity index (χ1n) is 6.20. The molecule has 0 aromatic carbocycles. The highest BCUT2D eigenvalue weighted by molar-refractivity contribution is 4.67. The fraction of sp³-hybridized carbons (Fsp3) is 1.00. The molecule has 0 fully saturated rings. The Morgan fingerprint density at radius 3 is 2.07 bits per heavy atom. The van der Waals surface area contributed by atoms with Gasteiger partial charge in [-0.05, 0) is 52.4 Å². The van der Waals surface area contributed by atoms with Crippen LogP contribution in [0.5, 0.6) is 0 Å². The largest absolute Gasteiger partial charge is 0.317 e. The molecule has 0 aromatic heterocycles. The molecule has 2 heteroatoms. The molecule has 0 saturated carbocycles. The fourth-order valence-corrected chi connectivity index (χ4v) is 1.80. The summed E-state index contributed by atoms with van der Waals surface area (Å²) >= 11 is 0. The van der Waals surface area contributed by atoms with Gasteiger partial charge in [0.25, 0.3) is 0 Å². The summed E-state index contributed by atoms with van der Waals surface area (Å²) in [6, 6.07) is 0.731. The second kappa shape index (κ2) is 9.47. The molecule has 0 aliphatic carbocycles. The van der Waals surface area contributed by atoms with E-state index in [0.717, 1.165) is 19.1 Å². The fourth-order valence-electron chi connectivity index (χ4n) is 1.80. The second-order valence-corrected chi connectivity index (χ2v) is 4.03. The van der Waals surface area contributed by atoms with Crippen molar-refractivity contribution in [1.82, 2.24) is 10.2 Å². The van der Waals surface area contributed by atoms with Crippen molar-refractivity contribution in [3.63, 3.8) is 0 Å². The Bertz CT molecular complexity index is 109. The third kappa shape index (κ3) is 6.39. The molecule has 1 atom stereocenters. The van der Waals surface area contributed by atoms with E-state index < -0.39 is 0 Å². The molecule has 0 heterocycles. The van der Waals surface area contributed by atoms with Crippen molar-refractivity contribution in [1.29, 1.82) is 0 Å². The number of nitrogens with one attached hydrogen (secondary N) is 1. The number of hydrogen-bond donors (Lipinski definition) is 1. The zero-order valence-corrected chi connectivity index (χ0v) is 10.5. The lowest BCUT2D eigenvalue weighted by molar-refractivity contribution is 0.199. The summed E-state index contributed by atoms with van der Waals surface area (Å²) in [4.78, 5) is 2.61. The highest BCUT2D eigenvalue weighted by atomic mass is 15.1. The van der Waals surface area contributed by atoms with Gasteiger partial charge in [-0.2, -0.15) is 0 Å². The minimum absolute atomic E-state index is 0.731. The molecule has 0 radical (unpaired) electrons. The average molecular weight is 200 g/mol. The topological polar surface area (TPSA) is 15.3 Å². The summed E-state index contributed by atoms with van der Waals surface area (Å²) in [6.45, 7) is 13.8. The summed E-state index contributed by atoms with van der Waals surface area (Å²) in [5.41, 5.74) is 0. The van der Waals surface area contributed by atoms with Gasteiger partial charge in [-0.25, -0.2) is 0 Å². The molecule has 0 aliphatic heterocycles. The normalized spacial score (nSPS) is 13.5. The Morgan fingerprint density at radius 1 is 1.07 bits per heavy atom. The number of rotatable bonds is 9. The summed E-state index contributed by atoms with van der Waals surface area (Å²) in [6.07, 6.45) is 3.81. The van der Waals surface area contributed by atoms with E-state index in [-0.39, 0.29) is 0 Å². The highest BCUT2D eigenvalue weighted by Gasteiger charge is 2.10. The predicted octanol–water partition coefficient (Wildman–Crippen LogP) is 2.50. The first-order chi connectivity index (χ1) is 6.76. The zero-order valence-electron chi connectivity index (χ0n) is 10.5. The second-order valence-electron chi connectivity index (χ2n) is 4.03. The maximum atomic E-state index is 3.39. The molecule has 0 aromatic rings.